The van der Waals surface area contributed by atoms with Crippen LogP contribution in [0.2, 0.25) is 0 Å². The SMILES string of the molecule is CC(C)OC(=O)c1cc(C#Cc2ccccc2)ccc1COO. The van der Waals surface area contributed by atoms with E-state index >= 15 is 0 Å². The highest BCUT2D eigenvalue weighted by atomic mass is 17.1. The Morgan fingerprint density at radius 1 is 1.09 bits per heavy atom. The third-order valence-corrected chi connectivity index (χ3v) is 3.02. The molecular formula is C19H18O4. The maximum Gasteiger partial charge on any atom is 0.338 e. The predicted molar refractivity (Wildman–Crippen MR) is 86.8 cm³/mol. The van der Waals surface area contributed by atoms with Gasteiger partial charge in [0.05, 0.1) is 11.7 Å². The maximum atomic E-state index is 12.2. The number of ether oxygens (including phenoxy) is 1. The first-order chi connectivity index (χ1) is 11.1. The summed E-state index contributed by atoms with van der Waals surface area (Å²) >= 11 is 0. The summed E-state index contributed by atoms with van der Waals surface area (Å²) in [6, 6.07) is 14.7. The molecule has 118 valence electrons. The van der Waals surface area contributed by atoms with E-state index in [0.29, 0.717) is 16.7 Å². The van der Waals surface area contributed by atoms with Crippen LogP contribution in [0.3, 0.4) is 0 Å². The third-order valence-electron chi connectivity index (χ3n) is 3.02. The third kappa shape index (κ3) is 4.96. The second-order valence-electron chi connectivity index (χ2n) is 5.22. The van der Waals surface area contributed by atoms with Crippen LogP contribution in [0.25, 0.3) is 0 Å². The number of carbonyl (C=O) groups is 1. The molecule has 2 aromatic carbocycles. The molecule has 0 aromatic heterocycles. The molecule has 0 saturated carbocycles. The zero-order chi connectivity index (χ0) is 16.7. The van der Waals surface area contributed by atoms with Crippen LogP contribution < -0.4 is 0 Å². The molecule has 4 nitrogen and oxygen atoms in total. The predicted octanol–water partition coefficient (Wildman–Crippen LogP) is 3.64. The van der Waals surface area contributed by atoms with Crippen LogP contribution in [0.1, 0.15) is 40.9 Å². The Labute approximate surface area is 135 Å². The lowest BCUT2D eigenvalue weighted by atomic mass is 10.0. The molecule has 0 aliphatic heterocycles. The number of carbonyl (C=O) groups excluding carboxylic acids is 1. The molecule has 0 heterocycles. The van der Waals surface area contributed by atoms with Gasteiger partial charge in [0.1, 0.15) is 6.61 Å². The molecule has 0 bridgehead atoms. The normalized spacial score (nSPS) is 10.1. The van der Waals surface area contributed by atoms with Crippen LogP contribution in [0.4, 0.5) is 0 Å². The second-order valence-corrected chi connectivity index (χ2v) is 5.22. The summed E-state index contributed by atoms with van der Waals surface area (Å²) in [5.41, 5.74) is 2.46. The van der Waals surface area contributed by atoms with Crippen LogP contribution >= 0.6 is 0 Å². The lowest BCUT2D eigenvalue weighted by Gasteiger charge is -2.11. The molecule has 2 aromatic rings. The van der Waals surface area contributed by atoms with Gasteiger partial charge in [-0.25, -0.2) is 9.68 Å². The van der Waals surface area contributed by atoms with Crippen molar-refractivity contribution >= 4 is 5.97 Å². The Bertz CT molecular complexity index is 724. The van der Waals surface area contributed by atoms with Crippen molar-refractivity contribution in [2.45, 2.75) is 26.6 Å². The van der Waals surface area contributed by atoms with E-state index in [2.05, 4.69) is 16.7 Å². The molecule has 1 N–H and O–H groups in total. The van der Waals surface area contributed by atoms with Gasteiger partial charge in [0, 0.05) is 11.1 Å². The Balaban J connectivity index is 2.32. The first kappa shape index (κ1) is 16.8. The van der Waals surface area contributed by atoms with Crippen LogP contribution in [-0.4, -0.2) is 17.3 Å². The van der Waals surface area contributed by atoms with E-state index in [1.807, 2.05) is 30.3 Å². The van der Waals surface area contributed by atoms with Crippen molar-refractivity contribution in [3.05, 3.63) is 70.8 Å². The molecule has 2 rings (SSSR count). The number of benzene rings is 2. The highest BCUT2D eigenvalue weighted by Gasteiger charge is 2.15. The van der Waals surface area contributed by atoms with Gasteiger partial charge in [0.2, 0.25) is 0 Å². The summed E-state index contributed by atoms with van der Waals surface area (Å²) in [5.74, 6) is 5.59. The lowest BCUT2D eigenvalue weighted by Crippen LogP contribution is -2.14. The molecule has 0 amide bonds. The Kier molecular flexibility index (Phi) is 5.93. The minimum Gasteiger partial charge on any atom is -0.459 e. The van der Waals surface area contributed by atoms with Gasteiger partial charge in [-0.1, -0.05) is 36.1 Å². The fourth-order valence-electron chi connectivity index (χ4n) is 1.98. The Hall–Kier alpha value is -2.61. The van der Waals surface area contributed by atoms with Crippen molar-refractivity contribution < 1.29 is 19.7 Å². The highest BCUT2D eigenvalue weighted by Crippen LogP contribution is 2.15. The first-order valence-corrected chi connectivity index (χ1v) is 7.27. The molecule has 0 fully saturated rings. The van der Waals surface area contributed by atoms with Crippen molar-refractivity contribution in [1.82, 2.24) is 0 Å². The highest BCUT2D eigenvalue weighted by molar-refractivity contribution is 5.91. The van der Waals surface area contributed by atoms with E-state index in [9.17, 15) is 4.79 Å². The first-order valence-electron chi connectivity index (χ1n) is 7.27. The second kappa shape index (κ2) is 8.14. The fourth-order valence-corrected chi connectivity index (χ4v) is 1.98. The molecule has 0 aliphatic carbocycles. The van der Waals surface area contributed by atoms with E-state index < -0.39 is 5.97 Å². The van der Waals surface area contributed by atoms with Gasteiger partial charge in [0.15, 0.2) is 0 Å². The molecule has 23 heavy (non-hydrogen) atoms. The summed E-state index contributed by atoms with van der Waals surface area (Å²) in [6.07, 6.45) is -0.232. The minimum absolute atomic E-state index is 0.0884. The van der Waals surface area contributed by atoms with Gasteiger partial charge in [-0.15, -0.1) is 0 Å². The number of esters is 1. The van der Waals surface area contributed by atoms with Crippen LogP contribution in [0.5, 0.6) is 0 Å². The Morgan fingerprint density at radius 3 is 2.43 bits per heavy atom. The number of hydrogen-bond donors (Lipinski definition) is 1. The summed E-state index contributed by atoms with van der Waals surface area (Å²) in [7, 11) is 0. The zero-order valence-electron chi connectivity index (χ0n) is 13.1. The van der Waals surface area contributed by atoms with Gasteiger partial charge in [-0.3, -0.25) is 5.26 Å². The minimum atomic E-state index is -0.463. The monoisotopic (exact) mass is 310 g/mol. The van der Waals surface area contributed by atoms with E-state index in [1.165, 1.54) is 0 Å². The molecule has 0 aliphatic rings. The van der Waals surface area contributed by atoms with E-state index in [4.69, 9.17) is 9.99 Å². The molecule has 4 heteroatoms. The molecule has 0 unspecified atom stereocenters. The smallest absolute Gasteiger partial charge is 0.338 e. The van der Waals surface area contributed by atoms with Gasteiger partial charge >= 0.3 is 5.97 Å². The van der Waals surface area contributed by atoms with E-state index in [-0.39, 0.29) is 12.7 Å². The number of hydrogen-bond acceptors (Lipinski definition) is 4. The van der Waals surface area contributed by atoms with Crippen molar-refractivity contribution in [3.63, 3.8) is 0 Å². The summed E-state index contributed by atoms with van der Waals surface area (Å²) in [6.45, 7) is 3.47. The quantitative estimate of drug-likeness (QED) is 0.405. The van der Waals surface area contributed by atoms with Gasteiger partial charge in [-0.05, 0) is 43.7 Å². The van der Waals surface area contributed by atoms with Gasteiger partial charge in [0.25, 0.3) is 0 Å². The van der Waals surface area contributed by atoms with Crippen LogP contribution in [0.15, 0.2) is 48.5 Å². The average Bonchev–Trinajstić information content (AvgIpc) is 2.54. The van der Waals surface area contributed by atoms with E-state index in [0.717, 1.165) is 5.56 Å². The lowest BCUT2D eigenvalue weighted by molar-refractivity contribution is -0.253. The zero-order valence-corrected chi connectivity index (χ0v) is 13.1. The molecule has 0 saturated heterocycles. The van der Waals surface area contributed by atoms with Crippen molar-refractivity contribution in [2.24, 2.45) is 0 Å². The molecule has 0 atom stereocenters. The fraction of sp³-hybridized carbons (Fsp3) is 0.211. The maximum absolute atomic E-state index is 12.2. The average molecular weight is 310 g/mol. The summed E-state index contributed by atoms with van der Waals surface area (Å²) in [5, 5.41) is 8.65. The van der Waals surface area contributed by atoms with Crippen molar-refractivity contribution in [2.75, 3.05) is 0 Å². The standard InChI is InChI=1S/C19H18O4/c1-14(2)23-19(20)18-12-16(10-11-17(18)13-22-21)9-8-15-6-4-3-5-7-15/h3-7,10-12,14,21H,13H2,1-2H3. The van der Waals surface area contributed by atoms with Crippen LogP contribution in [-0.2, 0) is 16.2 Å². The Morgan fingerprint density at radius 2 is 1.78 bits per heavy atom. The van der Waals surface area contributed by atoms with Gasteiger partial charge < -0.3 is 4.74 Å². The number of rotatable bonds is 4. The van der Waals surface area contributed by atoms with E-state index in [1.54, 1.807) is 32.0 Å². The van der Waals surface area contributed by atoms with Crippen molar-refractivity contribution in [3.8, 4) is 11.8 Å². The summed E-state index contributed by atoms with van der Waals surface area (Å²) < 4.78 is 5.22. The molecular weight excluding hydrogens is 292 g/mol. The topological polar surface area (TPSA) is 55.8 Å². The largest absolute Gasteiger partial charge is 0.459 e. The molecule has 0 radical (unpaired) electrons. The molecule has 0 spiro atoms. The van der Waals surface area contributed by atoms with Crippen molar-refractivity contribution in [1.29, 1.82) is 0 Å². The van der Waals surface area contributed by atoms with Crippen LogP contribution in [0, 0.1) is 11.8 Å². The van der Waals surface area contributed by atoms with Gasteiger partial charge in [-0.2, -0.15) is 0 Å². The summed E-state index contributed by atoms with van der Waals surface area (Å²) in [4.78, 5) is 16.3.